The lowest BCUT2D eigenvalue weighted by molar-refractivity contribution is 0.0692. The van der Waals surface area contributed by atoms with E-state index >= 15 is 0 Å². The molecular weight excluding hydrogens is 412 g/mol. The molecule has 1 aliphatic heterocycles. The Kier molecular flexibility index (Phi) is 4.94. The molecule has 1 N–H and O–H groups in total. The van der Waals surface area contributed by atoms with Gasteiger partial charge in [0.05, 0.1) is 13.3 Å². The number of ether oxygens (including phenoxy) is 1. The minimum absolute atomic E-state index is 0.0206. The average Bonchev–Trinajstić information content (AvgIpc) is 3.42. The molecule has 0 aliphatic carbocycles. The van der Waals surface area contributed by atoms with Gasteiger partial charge in [0.2, 0.25) is 0 Å². The normalized spacial score (nSPS) is 15.8. The SMILES string of the molecule is CCn1cc([C@@H]2c3[nH]c4ccc(OC)cc4c3CCN2C(=O)c2ccc(Cl)cc2)cn1. The Labute approximate surface area is 185 Å². The number of hydrogen-bond acceptors (Lipinski definition) is 3. The third-order valence-electron chi connectivity index (χ3n) is 5.98. The summed E-state index contributed by atoms with van der Waals surface area (Å²) < 4.78 is 7.33. The zero-order valence-corrected chi connectivity index (χ0v) is 18.2. The van der Waals surface area contributed by atoms with Gasteiger partial charge in [-0.1, -0.05) is 11.6 Å². The summed E-state index contributed by atoms with van der Waals surface area (Å²) in [6.45, 7) is 3.43. The van der Waals surface area contributed by atoms with E-state index in [1.165, 1.54) is 5.56 Å². The van der Waals surface area contributed by atoms with Gasteiger partial charge >= 0.3 is 0 Å². The molecule has 0 saturated heterocycles. The molecule has 1 amide bonds. The molecule has 31 heavy (non-hydrogen) atoms. The summed E-state index contributed by atoms with van der Waals surface area (Å²) in [5, 5.41) is 6.22. The Balaban J connectivity index is 1.64. The minimum atomic E-state index is -0.245. The molecule has 0 fully saturated rings. The van der Waals surface area contributed by atoms with Crippen LogP contribution in [0.25, 0.3) is 10.9 Å². The van der Waals surface area contributed by atoms with Crippen molar-refractivity contribution in [3.05, 3.63) is 82.3 Å². The quantitative estimate of drug-likeness (QED) is 0.500. The molecule has 2 aromatic carbocycles. The second-order valence-corrected chi connectivity index (χ2v) is 8.15. The Morgan fingerprint density at radius 2 is 2.06 bits per heavy atom. The predicted octanol–water partition coefficient (Wildman–Crippen LogP) is 4.83. The summed E-state index contributed by atoms with van der Waals surface area (Å²) in [6, 6.07) is 12.9. The topological polar surface area (TPSA) is 63.1 Å². The number of nitrogens with one attached hydrogen (secondary N) is 1. The Hall–Kier alpha value is -3.25. The number of halogens is 1. The van der Waals surface area contributed by atoms with E-state index in [-0.39, 0.29) is 11.9 Å². The average molecular weight is 435 g/mol. The maximum atomic E-state index is 13.5. The van der Waals surface area contributed by atoms with E-state index in [0.717, 1.165) is 40.9 Å². The molecule has 0 radical (unpaired) electrons. The highest BCUT2D eigenvalue weighted by molar-refractivity contribution is 6.30. The van der Waals surface area contributed by atoms with Gasteiger partial charge in [0.15, 0.2) is 0 Å². The van der Waals surface area contributed by atoms with E-state index < -0.39 is 0 Å². The Morgan fingerprint density at radius 3 is 2.77 bits per heavy atom. The van der Waals surface area contributed by atoms with Crippen LogP contribution >= 0.6 is 11.6 Å². The van der Waals surface area contributed by atoms with E-state index in [4.69, 9.17) is 16.3 Å². The number of amides is 1. The maximum Gasteiger partial charge on any atom is 0.254 e. The van der Waals surface area contributed by atoms with Crippen LogP contribution in [0.1, 0.15) is 40.1 Å². The molecule has 7 heteroatoms. The van der Waals surface area contributed by atoms with E-state index in [1.807, 2.05) is 34.1 Å². The largest absolute Gasteiger partial charge is 0.497 e. The number of aromatic amines is 1. The first-order chi connectivity index (χ1) is 15.1. The predicted molar refractivity (Wildman–Crippen MR) is 121 cm³/mol. The van der Waals surface area contributed by atoms with Gasteiger partial charge in [0.1, 0.15) is 11.8 Å². The summed E-state index contributed by atoms with van der Waals surface area (Å²) in [5.74, 6) is 0.803. The molecule has 158 valence electrons. The number of carbonyl (C=O) groups excluding carboxylic acids is 1. The lowest BCUT2D eigenvalue weighted by Gasteiger charge is -2.35. The standard InChI is InChI=1S/C24H23ClN4O2/c1-3-28-14-16(13-26-28)23-22-19(20-12-18(31-2)8-9-21(20)27-22)10-11-29(23)24(30)15-4-6-17(25)7-5-15/h4-9,12-14,23,27H,3,10-11H2,1-2H3/t23-/m1/s1. The molecule has 1 aliphatic rings. The van der Waals surface area contributed by atoms with Gasteiger partial charge in [-0.2, -0.15) is 5.10 Å². The molecular formula is C24H23ClN4O2. The molecule has 0 spiro atoms. The van der Waals surface area contributed by atoms with Crippen molar-refractivity contribution in [1.82, 2.24) is 19.7 Å². The fraction of sp³-hybridized carbons (Fsp3) is 0.250. The monoisotopic (exact) mass is 434 g/mol. The van der Waals surface area contributed by atoms with Crippen molar-refractivity contribution in [3.63, 3.8) is 0 Å². The van der Waals surface area contributed by atoms with Gasteiger partial charge < -0.3 is 14.6 Å². The molecule has 4 aromatic rings. The number of rotatable bonds is 4. The Bertz CT molecular complexity index is 1260. The number of carbonyl (C=O) groups is 1. The van der Waals surface area contributed by atoms with E-state index in [1.54, 1.807) is 31.4 Å². The zero-order chi connectivity index (χ0) is 21.5. The highest BCUT2D eigenvalue weighted by Crippen LogP contribution is 2.40. The van der Waals surface area contributed by atoms with Crippen molar-refractivity contribution in [2.24, 2.45) is 0 Å². The minimum Gasteiger partial charge on any atom is -0.497 e. The molecule has 3 heterocycles. The summed E-state index contributed by atoms with van der Waals surface area (Å²) in [5.41, 5.74) is 4.91. The van der Waals surface area contributed by atoms with Gasteiger partial charge in [-0.3, -0.25) is 9.48 Å². The third kappa shape index (κ3) is 3.37. The molecule has 5 rings (SSSR count). The van der Waals surface area contributed by atoms with Gasteiger partial charge in [0.25, 0.3) is 5.91 Å². The summed E-state index contributed by atoms with van der Waals surface area (Å²) in [6.07, 6.45) is 4.64. The molecule has 1 atom stereocenters. The molecule has 2 aromatic heterocycles. The van der Waals surface area contributed by atoms with Gasteiger partial charge in [-0.05, 0) is 61.4 Å². The van der Waals surface area contributed by atoms with Crippen LogP contribution in [-0.4, -0.2) is 39.2 Å². The molecule has 0 saturated carbocycles. The van der Waals surface area contributed by atoms with Crippen LogP contribution in [0.2, 0.25) is 5.02 Å². The van der Waals surface area contributed by atoms with Gasteiger partial charge in [-0.25, -0.2) is 0 Å². The lowest BCUT2D eigenvalue weighted by atomic mass is 9.93. The first-order valence-electron chi connectivity index (χ1n) is 10.4. The second-order valence-electron chi connectivity index (χ2n) is 7.72. The first kappa shape index (κ1) is 19.7. The van der Waals surface area contributed by atoms with Crippen molar-refractivity contribution in [2.75, 3.05) is 13.7 Å². The van der Waals surface area contributed by atoms with Crippen molar-refractivity contribution in [3.8, 4) is 5.75 Å². The van der Waals surface area contributed by atoms with E-state index in [9.17, 15) is 4.79 Å². The van der Waals surface area contributed by atoms with Gasteiger partial charge in [0, 0.05) is 52.0 Å². The number of hydrogen-bond donors (Lipinski definition) is 1. The van der Waals surface area contributed by atoms with Crippen LogP contribution in [0, 0.1) is 0 Å². The van der Waals surface area contributed by atoms with Crippen LogP contribution in [0.15, 0.2) is 54.9 Å². The number of nitrogens with zero attached hydrogens (tertiary/aromatic N) is 3. The molecule has 0 unspecified atom stereocenters. The molecule has 0 bridgehead atoms. The number of aromatic nitrogens is 3. The number of H-pyrrole nitrogens is 1. The second kappa shape index (κ2) is 7.78. The highest BCUT2D eigenvalue weighted by Gasteiger charge is 2.35. The fourth-order valence-corrected chi connectivity index (χ4v) is 4.54. The van der Waals surface area contributed by atoms with E-state index in [0.29, 0.717) is 17.1 Å². The summed E-state index contributed by atoms with van der Waals surface area (Å²) in [7, 11) is 1.68. The first-order valence-corrected chi connectivity index (χ1v) is 10.7. The van der Waals surface area contributed by atoms with Crippen LogP contribution in [0.4, 0.5) is 0 Å². The van der Waals surface area contributed by atoms with Crippen LogP contribution in [0.5, 0.6) is 5.75 Å². The smallest absolute Gasteiger partial charge is 0.254 e. The van der Waals surface area contributed by atoms with Crippen molar-refractivity contribution >= 4 is 28.4 Å². The van der Waals surface area contributed by atoms with Crippen LogP contribution < -0.4 is 4.74 Å². The maximum absolute atomic E-state index is 13.5. The Morgan fingerprint density at radius 1 is 1.26 bits per heavy atom. The number of benzene rings is 2. The van der Waals surface area contributed by atoms with Crippen LogP contribution in [-0.2, 0) is 13.0 Å². The third-order valence-corrected chi connectivity index (χ3v) is 6.23. The van der Waals surface area contributed by atoms with Crippen LogP contribution in [0.3, 0.4) is 0 Å². The molecule has 6 nitrogen and oxygen atoms in total. The van der Waals surface area contributed by atoms with Crippen molar-refractivity contribution < 1.29 is 9.53 Å². The number of fused-ring (bicyclic) bond motifs is 3. The highest BCUT2D eigenvalue weighted by atomic mass is 35.5. The lowest BCUT2D eigenvalue weighted by Crippen LogP contribution is -2.40. The van der Waals surface area contributed by atoms with Crippen molar-refractivity contribution in [2.45, 2.75) is 25.9 Å². The summed E-state index contributed by atoms with van der Waals surface area (Å²) in [4.78, 5) is 19.0. The fourth-order valence-electron chi connectivity index (χ4n) is 4.41. The zero-order valence-electron chi connectivity index (χ0n) is 17.4. The van der Waals surface area contributed by atoms with E-state index in [2.05, 4.69) is 23.1 Å². The number of aryl methyl sites for hydroxylation is 1. The van der Waals surface area contributed by atoms with Crippen molar-refractivity contribution in [1.29, 1.82) is 0 Å². The van der Waals surface area contributed by atoms with Gasteiger partial charge in [-0.15, -0.1) is 0 Å². The number of methoxy groups -OCH3 is 1. The summed E-state index contributed by atoms with van der Waals surface area (Å²) >= 11 is 6.03.